The van der Waals surface area contributed by atoms with Crippen LogP contribution in [0.25, 0.3) is 116 Å². The van der Waals surface area contributed by atoms with Gasteiger partial charge in [-0.1, -0.05) is 334 Å². The van der Waals surface area contributed by atoms with Gasteiger partial charge < -0.3 is 28.9 Å². The van der Waals surface area contributed by atoms with Gasteiger partial charge in [0.15, 0.2) is 17.3 Å². The number of benzene rings is 18. The van der Waals surface area contributed by atoms with Crippen molar-refractivity contribution in [2.24, 2.45) is 0 Å². The highest BCUT2D eigenvalue weighted by molar-refractivity contribution is 6.31. The van der Waals surface area contributed by atoms with Crippen LogP contribution in [0, 0.1) is 27.7 Å². The zero-order valence-electron chi connectivity index (χ0n) is 76.4. The number of hydrogen-bond acceptors (Lipinski definition) is 9. The van der Waals surface area contributed by atoms with Crippen LogP contribution in [-0.4, -0.2) is 38.7 Å². The minimum Gasteiger partial charge on any atom is -0.501 e. The molecule has 0 N–H and O–H groups in total. The van der Waals surface area contributed by atoms with Crippen molar-refractivity contribution in [1.82, 2.24) is 0 Å². The molecule has 0 aliphatic carbocycles. The largest absolute Gasteiger partial charge is 0.501 e. The molecule has 644 valence electrons. The Bertz CT molecular complexity index is 6990. The number of rotatable bonds is 24. The number of methoxy groups -OCH3 is 3. The summed E-state index contributed by atoms with van der Waals surface area (Å²) in [6.07, 6.45) is 0. The fourth-order valence-corrected chi connectivity index (χ4v) is 18.4. The van der Waals surface area contributed by atoms with Gasteiger partial charge in [0, 0.05) is 44.7 Å². The number of Topliss-reactive ketones (excluding diaryl/α,β-unsaturated/α-hetero) is 3. The minimum absolute atomic E-state index is 0.00203. The van der Waals surface area contributed by atoms with E-state index in [1.807, 2.05) is 57.2 Å². The molecule has 0 saturated heterocycles. The fourth-order valence-electron chi connectivity index (χ4n) is 18.4. The highest BCUT2D eigenvalue weighted by Gasteiger charge is 2.31. The molecule has 9 nitrogen and oxygen atoms in total. The SMILES string of the molecule is CO/C(C)=C(\C(C)=O)c1c(C)c(C)c(N(c2ccccc2-c2ccccc2)c2ccccc2-c2ccccc2)c(C)c1C.CO/C(C)=C(\C(C)=O)c1ccc(N(c2ccccc2-c2ccccc2)c2ccccc2-c2ccccc2)cc1.CO/C(C)=C(\C(C)=O)c1ccc2ccc3c(N(c4ccc(-c5ccccc5)cc4)c4ccc(-c5ccccc5)cc4)ccc4ccc1c2c43. The molecule has 0 heterocycles. The first-order valence-corrected chi connectivity index (χ1v) is 44.3. The third kappa shape index (κ3) is 18.3. The van der Waals surface area contributed by atoms with E-state index in [1.54, 1.807) is 42.1 Å². The summed E-state index contributed by atoms with van der Waals surface area (Å²) in [6, 6.07) is 140. The Balaban J connectivity index is 0.000000145. The first-order valence-electron chi connectivity index (χ1n) is 44.3. The van der Waals surface area contributed by atoms with E-state index in [0.29, 0.717) is 34.0 Å². The molecule has 0 radical (unpaired) electrons. The minimum atomic E-state index is -0.0252. The number of allylic oxidation sites excluding steroid dienone is 6. The summed E-state index contributed by atoms with van der Waals surface area (Å²) in [6.45, 7) is 18.9. The highest BCUT2D eigenvalue weighted by Crippen LogP contribution is 2.52. The molecule has 18 aromatic rings. The second kappa shape index (κ2) is 39.9. The maximum atomic E-state index is 13.0. The fraction of sp³-hybridized carbons (Fsp3) is 0.107. The second-order valence-corrected chi connectivity index (χ2v) is 32.8. The van der Waals surface area contributed by atoms with E-state index in [4.69, 9.17) is 14.2 Å². The third-order valence-electron chi connectivity index (χ3n) is 25.0. The van der Waals surface area contributed by atoms with E-state index < -0.39 is 0 Å². The van der Waals surface area contributed by atoms with Crippen molar-refractivity contribution >= 4 is 118 Å². The molecule has 18 rings (SSSR count). The summed E-state index contributed by atoms with van der Waals surface area (Å²) in [4.78, 5) is 45.5. The molecule has 0 aliphatic heterocycles. The van der Waals surface area contributed by atoms with Crippen molar-refractivity contribution in [3.63, 3.8) is 0 Å². The highest BCUT2D eigenvalue weighted by atomic mass is 16.5. The normalized spacial score (nSPS) is 11.7. The summed E-state index contributed by atoms with van der Waals surface area (Å²) in [5.74, 6) is 1.81. The number of para-hydroxylation sites is 4. The van der Waals surface area contributed by atoms with Crippen LogP contribution >= 0.6 is 0 Å². The maximum Gasteiger partial charge on any atom is 0.163 e. The molecule has 0 bridgehead atoms. The van der Waals surface area contributed by atoms with Crippen molar-refractivity contribution in [1.29, 1.82) is 0 Å². The van der Waals surface area contributed by atoms with Crippen molar-refractivity contribution in [2.45, 2.75) is 69.2 Å². The van der Waals surface area contributed by atoms with Gasteiger partial charge in [0.2, 0.25) is 0 Å². The number of carbonyl (C=O) groups is 3. The lowest BCUT2D eigenvalue weighted by Crippen LogP contribution is -2.18. The Morgan fingerprint density at radius 3 is 0.878 bits per heavy atom. The van der Waals surface area contributed by atoms with E-state index in [0.717, 1.165) is 162 Å². The van der Waals surface area contributed by atoms with Crippen LogP contribution < -0.4 is 14.7 Å². The first-order chi connectivity index (χ1) is 63.8. The Labute approximate surface area is 769 Å². The van der Waals surface area contributed by atoms with Gasteiger partial charge in [0.1, 0.15) is 17.3 Å². The smallest absolute Gasteiger partial charge is 0.163 e. The van der Waals surface area contributed by atoms with Gasteiger partial charge >= 0.3 is 0 Å². The standard InChI is InChI=1S/C46H35NO2.C40H39NO2.C36H31NO2/c1-30(48)44(31(2)49-3)40-26-18-36-20-28-42-43(29-21-37-19-27-41(40)45(36)46(37)42)47(38-22-14-34(15-23-38)32-10-6-4-7-11-32)39-24-16-35(17-25-39)33-12-8-5-9-13-33;1-26-28(3)40(29(4)27(2)38(26)39(30(5)42)31(6)43-7)41(36-24-16-14-22-34(36)32-18-10-8-11-19-32)37-25-17-15-23-35(37)33-20-12-9-13-21-33;1-26(38)36(27(2)39-3)30-22-24-31(25-23-30)37(34-20-12-10-18-32(34)28-14-6-4-7-15-28)35-21-13-11-19-33(35)29-16-8-5-9-17-29/h4-29H,1-3H3;8-25H,1-7H3;4-25H,1-3H3/b44-31+;39-31+;36-27+. The summed E-state index contributed by atoms with van der Waals surface area (Å²) in [7, 11) is 4.84. The van der Waals surface area contributed by atoms with Crippen molar-refractivity contribution in [3.8, 4) is 66.8 Å². The lowest BCUT2D eigenvalue weighted by molar-refractivity contribution is -0.112. The van der Waals surface area contributed by atoms with Gasteiger partial charge in [0.25, 0.3) is 0 Å². The van der Waals surface area contributed by atoms with Crippen molar-refractivity contribution in [3.05, 3.63) is 457 Å². The third-order valence-corrected chi connectivity index (χ3v) is 25.0. The number of hydrogen-bond donors (Lipinski definition) is 0. The Morgan fingerprint density at radius 1 is 0.229 bits per heavy atom. The molecule has 0 amide bonds. The lowest BCUT2D eigenvalue weighted by atomic mass is 9.85. The van der Waals surface area contributed by atoms with Gasteiger partial charge in [-0.15, -0.1) is 0 Å². The molecule has 0 spiro atoms. The zero-order chi connectivity index (χ0) is 91.3. The van der Waals surface area contributed by atoms with Crippen LogP contribution in [0.3, 0.4) is 0 Å². The zero-order valence-corrected chi connectivity index (χ0v) is 76.4. The number of anilines is 9. The Kier molecular flexibility index (Phi) is 27.0. The number of ether oxygens (including phenoxy) is 3. The van der Waals surface area contributed by atoms with Gasteiger partial charge in [-0.25, -0.2) is 0 Å². The van der Waals surface area contributed by atoms with Gasteiger partial charge in [-0.2, -0.15) is 0 Å². The predicted octanol–water partition coefficient (Wildman–Crippen LogP) is 32.5. The lowest BCUT2D eigenvalue weighted by Gasteiger charge is -2.34. The second-order valence-electron chi connectivity index (χ2n) is 32.8. The number of nitrogens with zero attached hydrogens (tertiary/aromatic N) is 3. The van der Waals surface area contributed by atoms with E-state index in [-0.39, 0.29) is 17.3 Å². The molecule has 0 unspecified atom stereocenters. The summed E-state index contributed by atoms with van der Waals surface area (Å²) in [5, 5.41) is 6.81. The molecule has 0 aliphatic rings. The average Bonchev–Trinajstić information content (AvgIpc) is 0.709. The molecular weight excluding hydrogens is 1600 g/mol. The molecule has 0 aromatic heterocycles. The van der Waals surface area contributed by atoms with Crippen LogP contribution in [-0.2, 0) is 28.6 Å². The van der Waals surface area contributed by atoms with Crippen LogP contribution in [0.4, 0.5) is 51.2 Å². The molecule has 9 heteroatoms. The molecule has 0 atom stereocenters. The molecule has 18 aromatic carbocycles. The number of ketones is 3. The summed E-state index contributed by atoms with van der Waals surface area (Å²) < 4.78 is 16.6. The van der Waals surface area contributed by atoms with Crippen LogP contribution in [0.2, 0.25) is 0 Å². The Morgan fingerprint density at radius 2 is 0.511 bits per heavy atom. The Hall–Kier alpha value is -16.0. The van der Waals surface area contributed by atoms with Gasteiger partial charge in [-0.3, -0.25) is 14.4 Å². The molecular formula is C122H105N3O6. The van der Waals surface area contributed by atoms with E-state index in [9.17, 15) is 14.4 Å². The number of carbonyl (C=O) groups excluding carboxylic acids is 3. The maximum absolute atomic E-state index is 13.0. The first kappa shape index (κ1) is 88.5. The van der Waals surface area contributed by atoms with Crippen LogP contribution in [0.5, 0.6) is 0 Å². The van der Waals surface area contributed by atoms with Gasteiger partial charge in [-0.05, 0) is 246 Å². The van der Waals surface area contributed by atoms with Crippen LogP contribution in [0.1, 0.15) is 80.5 Å². The summed E-state index contributed by atoms with van der Waals surface area (Å²) in [5.41, 5.74) is 32.4. The van der Waals surface area contributed by atoms with Crippen molar-refractivity contribution < 1.29 is 28.6 Å². The quantitative estimate of drug-likeness (QED) is 0.0333. The van der Waals surface area contributed by atoms with E-state index in [2.05, 4.69) is 406 Å². The van der Waals surface area contributed by atoms with Gasteiger partial charge in [0.05, 0.1) is 72.2 Å². The topological polar surface area (TPSA) is 88.6 Å². The van der Waals surface area contributed by atoms with Crippen LogP contribution in [0.15, 0.2) is 418 Å². The van der Waals surface area contributed by atoms with E-state index >= 15 is 0 Å². The summed E-state index contributed by atoms with van der Waals surface area (Å²) >= 11 is 0. The molecule has 0 saturated carbocycles. The average molecular weight is 1710 g/mol. The monoisotopic (exact) mass is 1710 g/mol. The molecule has 131 heavy (non-hydrogen) atoms. The van der Waals surface area contributed by atoms with Crippen molar-refractivity contribution in [2.75, 3.05) is 36.0 Å². The predicted molar refractivity (Wildman–Crippen MR) is 549 cm³/mol. The molecule has 0 fully saturated rings. The van der Waals surface area contributed by atoms with E-state index in [1.165, 1.54) is 27.6 Å².